The van der Waals surface area contributed by atoms with Gasteiger partial charge in [0, 0.05) is 11.4 Å². The van der Waals surface area contributed by atoms with Crippen molar-refractivity contribution in [3.8, 4) is 0 Å². The van der Waals surface area contributed by atoms with Crippen LogP contribution < -0.4 is 11.1 Å². The van der Waals surface area contributed by atoms with Crippen molar-refractivity contribution in [3.63, 3.8) is 0 Å². The van der Waals surface area contributed by atoms with E-state index in [0.29, 0.717) is 16.9 Å². The first-order valence-electron chi connectivity index (χ1n) is 7.31. The summed E-state index contributed by atoms with van der Waals surface area (Å²) in [4.78, 5) is 24.1. The van der Waals surface area contributed by atoms with E-state index in [4.69, 9.17) is 10.5 Å². The number of hydrogen-bond acceptors (Lipinski definition) is 4. The monoisotopic (exact) mass is 312 g/mol. The molecule has 0 heterocycles. The largest absolute Gasteiger partial charge is 0.449 e. The lowest BCUT2D eigenvalue weighted by Crippen LogP contribution is -2.30. The highest BCUT2D eigenvalue weighted by atomic mass is 16.5. The molecule has 5 heteroatoms. The van der Waals surface area contributed by atoms with E-state index >= 15 is 0 Å². The van der Waals surface area contributed by atoms with Crippen LogP contribution in [0.4, 0.5) is 11.4 Å². The molecule has 0 saturated carbocycles. The van der Waals surface area contributed by atoms with Crippen molar-refractivity contribution >= 4 is 23.3 Å². The average Bonchev–Trinajstić information content (AvgIpc) is 2.46. The topological polar surface area (TPSA) is 81.4 Å². The van der Waals surface area contributed by atoms with Crippen LogP contribution in [0.2, 0.25) is 0 Å². The Morgan fingerprint density at radius 2 is 1.61 bits per heavy atom. The van der Waals surface area contributed by atoms with E-state index < -0.39 is 12.1 Å². The maximum atomic E-state index is 12.1. The van der Waals surface area contributed by atoms with Crippen LogP contribution in [0.1, 0.15) is 28.4 Å². The summed E-state index contributed by atoms with van der Waals surface area (Å²) in [6.45, 7) is 5.44. The van der Waals surface area contributed by atoms with Gasteiger partial charge >= 0.3 is 5.97 Å². The van der Waals surface area contributed by atoms with E-state index in [1.165, 1.54) is 6.92 Å². The summed E-state index contributed by atoms with van der Waals surface area (Å²) in [5.74, 6) is -0.938. The molecule has 2 aromatic rings. The third-order valence-corrected chi connectivity index (χ3v) is 3.29. The van der Waals surface area contributed by atoms with Crippen LogP contribution in [0.15, 0.2) is 42.5 Å². The van der Waals surface area contributed by atoms with Crippen molar-refractivity contribution in [2.75, 3.05) is 11.1 Å². The van der Waals surface area contributed by atoms with Gasteiger partial charge in [-0.3, -0.25) is 4.79 Å². The molecule has 0 fully saturated rings. The van der Waals surface area contributed by atoms with Crippen molar-refractivity contribution in [3.05, 3.63) is 59.2 Å². The number of carbonyl (C=O) groups excluding carboxylic acids is 2. The van der Waals surface area contributed by atoms with Gasteiger partial charge in [-0.05, 0) is 68.3 Å². The molecule has 0 bridgehead atoms. The van der Waals surface area contributed by atoms with Crippen molar-refractivity contribution in [2.24, 2.45) is 0 Å². The van der Waals surface area contributed by atoms with Gasteiger partial charge in [-0.1, -0.05) is 6.07 Å². The molecular weight excluding hydrogens is 292 g/mol. The number of anilines is 2. The second kappa shape index (κ2) is 6.96. The number of esters is 1. The number of ether oxygens (including phenoxy) is 1. The fraction of sp³-hybridized carbons (Fsp3) is 0.222. The van der Waals surface area contributed by atoms with Gasteiger partial charge in [-0.15, -0.1) is 0 Å². The first kappa shape index (κ1) is 16.5. The van der Waals surface area contributed by atoms with Crippen LogP contribution in [-0.2, 0) is 9.53 Å². The minimum Gasteiger partial charge on any atom is -0.449 e. The van der Waals surface area contributed by atoms with Gasteiger partial charge in [0.15, 0.2) is 6.10 Å². The first-order valence-corrected chi connectivity index (χ1v) is 7.31. The third kappa shape index (κ3) is 4.57. The van der Waals surface area contributed by atoms with E-state index in [9.17, 15) is 9.59 Å². The van der Waals surface area contributed by atoms with Gasteiger partial charge < -0.3 is 15.8 Å². The van der Waals surface area contributed by atoms with Gasteiger partial charge in [-0.25, -0.2) is 4.79 Å². The van der Waals surface area contributed by atoms with Crippen LogP contribution in [0.5, 0.6) is 0 Å². The molecule has 0 radical (unpaired) electrons. The maximum Gasteiger partial charge on any atom is 0.338 e. The fourth-order valence-corrected chi connectivity index (χ4v) is 2.19. The van der Waals surface area contributed by atoms with Crippen LogP contribution in [-0.4, -0.2) is 18.0 Å². The SMILES string of the molecule is Cc1cc(C)cc(NC(=O)C(C)OC(=O)c2ccc(N)cc2)c1. The van der Waals surface area contributed by atoms with Gasteiger partial charge in [0.25, 0.3) is 5.91 Å². The third-order valence-electron chi connectivity index (χ3n) is 3.29. The number of nitrogens with one attached hydrogen (secondary N) is 1. The van der Waals surface area contributed by atoms with Crippen molar-refractivity contribution in [1.82, 2.24) is 0 Å². The van der Waals surface area contributed by atoms with Crippen LogP contribution >= 0.6 is 0 Å². The maximum absolute atomic E-state index is 12.1. The highest BCUT2D eigenvalue weighted by molar-refractivity contribution is 5.97. The second-order valence-electron chi connectivity index (χ2n) is 5.54. The van der Waals surface area contributed by atoms with E-state index in [-0.39, 0.29) is 5.91 Å². The Kier molecular flexibility index (Phi) is 5.01. The molecule has 0 aliphatic rings. The summed E-state index contributed by atoms with van der Waals surface area (Å²) in [6.07, 6.45) is -0.902. The van der Waals surface area contributed by atoms with Crippen molar-refractivity contribution < 1.29 is 14.3 Å². The second-order valence-corrected chi connectivity index (χ2v) is 5.54. The molecule has 1 amide bonds. The Hall–Kier alpha value is -2.82. The lowest BCUT2D eigenvalue weighted by Gasteiger charge is -2.14. The fourth-order valence-electron chi connectivity index (χ4n) is 2.19. The van der Waals surface area contributed by atoms with E-state index in [2.05, 4.69) is 5.32 Å². The van der Waals surface area contributed by atoms with E-state index in [0.717, 1.165) is 11.1 Å². The molecule has 0 spiro atoms. The first-order chi connectivity index (χ1) is 10.8. The summed E-state index contributed by atoms with van der Waals surface area (Å²) >= 11 is 0. The quantitative estimate of drug-likeness (QED) is 0.671. The Labute approximate surface area is 135 Å². The Morgan fingerprint density at radius 3 is 2.17 bits per heavy atom. The summed E-state index contributed by atoms with van der Waals surface area (Å²) in [7, 11) is 0. The number of carbonyl (C=O) groups is 2. The van der Waals surface area contributed by atoms with E-state index in [1.807, 2.05) is 32.0 Å². The molecule has 2 aromatic carbocycles. The average molecular weight is 312 g/mol. The number of nitrogens with two attached hydrogens (primary N) is 1. The molecule has 1 unspecified atom stereocenters. The number of rotatable bonds is 4. The van der Waals surface area contributed by atoms with Crippen LogP contribution in [0, 0.1) is 13.8 Å². The molecule has 120 valence electrons. The standard InChI is InChI=1S/C18H20N2O3/c1-11-8-12(2)10-16(9-11)20-17(21)13(3)23-18(22)14-4-6-15(19)7-5-14/h4-10,13H,19H2,1-3H3,(H,20,21). The smallest absolute Gasteiger partial charge is 0.338 e. The lowest BCUT2D eigenvalue weighted by molar-refractivity contribution is -0.123. The minimum absolute atomic E-state index is 0.352. The number of benzene rings is 2. The van der Waals surface area contributed by atoms with Crippen LogP contribution in [0.3, 0.4) is 0 Å². The van der Waals surface area contributed by atoms with Gasteiger partial charge in [0.1, 0.15) is 0 Å². The van der Waals surface area contributed by atoms with E-state index in [1.54, 1.807) is 24.3 Å². The number of amides is 1. The summed E-state index contributed by atoms with van der Waals surface area (Å²) in [5, 5.41) is 2.75. The molecule has 0 aliphatic carbocycles. The molecule has 0 aromatic heterocycles. The summed E-state index contributed by atoms with van der Waals surface area (Å²) in [6, 6.07) is 12.1. The molecule has 5 nitrogen and oxygen atoms in total. The molecule has 3 N–H and O–H groups in total. The molecule has 0 aliphatic heterocycles. The molecule has 1 atom stereocenters. The van der Waals surface area contributed by atoms with Gasteiger partial charge in [0.05, 0.1) is 5.56 Å². The van der Waals surface area contributed by atoms with Gasteiger partial charge in [0.2, 0.25) is 0 Å². The Balaban J connectivity index is 1.99. The highest BCUT2D eigenvalue weighted by Crippen LogP contribution is 2.15. The van der Waals surface area contributed by atoms with Crippen molar-refractivity contribution in [1.29, 1.82) is 0 Å². The molecule has 0 saturated heterocycles. The summed E-state index contributed by atoms with van der Waals surface area (Å²) in [5.41, 5.74) is 9.26. The highest BCUT2D eigenvalue weighted by Gasteiger charge is 2.19. The predicted octanol–water partition coefficient (Wildman–Crippen LogP) is 3.07. The Morgan fingerprint density at radius 1 is 1.04 bits per heavy atom. The number of hydrogen-bond donors (Lipinski definition) is 2. The van der Waals surface area contributed by atoms with Crippen molar-refractivity contribution in [2.45, 2.75) is 26.9 Å². The summed E-state index contributed by atoms with van der Waals surface area (Å²) < 4.78 is 5.18. The minimum atomic E-state index is -0.902. The lowest BCUT2D eigenvalue weighted by atomic mass is 10.1. The number of aryl methyl sites for hydroxylation is 2. The molecular formula is C18H20N2O3. The normalized spacial score (nSPS) is 11.6. The molecule has 2 rings (SSSR count). The Bertz CT molecular complexity index is 703. The van der Waals surface area contributed by atoms with Gasteiger partial charge in [-0.2, -0.15) is 0 Å². The zero-order valence-corrected chi connectivity index (χ0v) is 13.4. The zero-order chi connectivity index (χ0) is 17.0. The number of nitrogen functional groups attached to an aromatic ring is 1. The predicted molar refractivity (Wildman–Crippen MR) is 90.3 cm³/mol. The van der Waals surface area contributed by atoms with Crippen LogP contribution in [0.25, 0.3) is 0 Å². The zero-order valence-electron chi connectivity index (χ0n) is 13.4. The molecule has 23 heavy (non-hydrogen) atoms.